The summed E-state index contributed by atoms with van der Waals surface area (Å²) in [5.74, 6) is 0.244. The quantitative estimate of drug-likeness (QED) is 0.550. The van der Waals surface area contributed by atoms with Crippen LogP contribution in [0.15, 0.2) is 67.3 Å². The summed E-state index contributed by atoms with van der Waals surface area (Å²) < 4.78 is 33.2. The summed E-state index contributed by atoms with van der Waals surface area (Å²) in [6.07, 6.45) is 6.34. The Hall–Kier alpha value is -3.33. The third-order valence-electron chi connectivity index (χ3n) is 4.70. The SMILES string of the molecule is CCOc1ccc(N(C(C)C(=O)NCc2ccc(-n3ccnc3)cc2)S(C)(=O)=O)cc1. The van der Waals surface area contributed by atoms with Gasteiger partial charge in [0.2, 0.25) is 15.9 Å². The van der Waals surface area contributed by atoms with Crippen molar-refractivity contribution in [1.29, 1.82) is 0 Å². The third kappa shape index (κ3) is 5.64. The molecule has 1 amide bonds. The van der Waals surface area contributed by atoms with E-state index >= 15 is 0 Å². The second kappa shape index (κ2) is 9.65. The van der Waals surface area contributed by atoms with E-state index in [2.05, 4.69) is 10.3 Å². The number of aromatic nitrogens is 2. The Labute approximate surface area is 182 Å². The molecule has 0 saturated heterocycles. The number of nitrogens with one attached hydrogen (secondary N) is 1. The lowest BCUT2D eigenvalue weighted by molar-refractivity contribution is -0.122. The highest BCUT2D eigenvalue weighted by Gasteiger charge is 2.29. The van der Waals surface area contributed by atoms with Crippen LogP contribution in [0.3, 0.4) is 0 Å². The van der Waals surface area contributed by atoms with Gasteiger partial charge in [0.05, 0.1) is 24.9 Å². The largest absolute Gasteiger partial charge is 0.494 e. The molecule has 1 N–H and O–H groups in total. The molecule has 1 unspecified atom stereocenters. The molecule has 2 aromatic carbocycles. The van der Waals surface area contributed by atoms with Crippen molar-refractivity contribution in [3.63, 3.8) is 0 Å². The number of nitrogens with zero attached hydrogens (tertiary/aromatic N) is 3. The smallest absolute Gasteiger partial charge is 0.243 e. The minimum absolute atomic E-state index is 0.286. The number of sulfonamides is 1. The monoisotopic (exact) mass is 442 g/mol. The zero-order valence-corrected chi connectivity index (χ0v) is 18.5. The average Bonchev–Trinajstić information content (AvgIpc) is 3.28. The minimum Gasteiger partial charge on any atom is -0.494 e. The Morgan fingerprint density at radius 1 is 1.16 bits per heavy atom. The van der Waals surface area contributed by atoms with Gasteiger partial charge in [0, 0.05) is 24.6 Å². The first-order valence-electron chi connectivity index (χ1n) is 9.87. The molecule has 0 saturated carbocycles. The summed E-state index contributed by atoms with van der Waals surface area (Å²) in [6, 6.07) is 13.4. The van der Waals surface area contributed by atoms with Crippen molar-refractivity contribution in [2.24, 2.45) is 0 Å². The topological polar surface area (TPSA) is 93.5 Å². The van der Waals surface area contributed by atoms with Gasteiger partial charge in [0.15, 0.2) is 0 Å². The first-order valence-corrected chi connectivity index (χ1v) is 11.7. The van der Waals surface area contributed by atoms with Crippen LogP contribution < -0.4 is 14.4 Å². The number of amides is 1. The van der Waals surface area contributed by atoms with E-state index < -0.39 is 22.0 Å². The van der Waals surface area contributed by atoms with Crippen LogP contribution in [0, 0.1) is 0 Å². The van der Waals surface area contributed by atoms with Crippen LogP contribution in [0.5, 0.6) is 5.75 Å². The summed E-state index contributed by atoms with van der Waals surface area (Å²) in [5, 5.41) is 2.82. The average molecular weight is 443 g/mol. The van der Waals surface area contributed by atoms with Crippen LogP contribution in [0.25, 0.3) is 5.69 Å². The molecule has 3 aromatic rings. The number of hydrogen-bond donors (Lipinski definition) is 1. The van der Waals surface area contributed by atoms with Crippen LogP contribution in [-0.2, 0) is 21.4 Å². The fraction of sp³-hybridized carbons (Fsp3) is 0.273. The number of benzene rings is 2. The molecule has 1 heterocycles. The Balaban J connectivity index is 1.68. The first kappa shape index (κ1) is 22.4. The van der Waals surface area contributed by atoms with Crippen molar-refractivity contribution in [2.45, 2.75) is 26.4 Å². The maximum Gasteiger partial charge on any atom is 0.243 e. The maximum absolute atomic E-state index is 12.7. The molecule has 0 radical (unpaired) electrons. The van der Waals surface area contributed by atoms with Crippen LogP contribution in [0.4, 0.5) is 5.69 Å². The highest BCUT2D eigenvalue weighted by atomic mass is 32.2. The van der Waals surface area contributed by atoms with Crippen molar-refractivity contribution < 1.29 is 17.9 Å². The molecule has 3 rings (SSSR count). The number of rotatable bonds is 9. The predicted molar refractivity (Wildman–Crippen MR) is 120 cm³/mol. The predicted octanol–water partition coefficient (Wildman–Crippen LogP) is 2.74. The molecule has 8 nitrogen and oxygen atoms in total. The highest BCUT2D eigenvalue weighted by molar-refractivity contribution is 7.92. The summed E-state index contributed by atoms with van der Waals surface area (Å²) in [6.45, 7) is 4.23. The molecule has 1 aromatic heterocycles. The van der Waals surface area contributed by atoms with Crippen LogP contribution in [0.2, 0.25) is 0 Å². The number of ether oxygens (including phenoxy) is 1. The molecule has 164 valence electrons. The van der Waals surface area contributed by atoms with Crippen LogP contribution in [0.1, 0.15) is 19.4 Å². The molecule has 31 heavy (non-hydrogen) atoms. The van der Waals surface area contributed by atoms with Gasteiger partial charge in [-0.25, -0.2) is 13.4 Å². The van der Waals surface area contributed by atoms with Crippen LogP contribution >= 0.6 is 0 Å². The number of anilines is 1. The van der Waals surface area contributed by atoms with Gasteiger partial charge in [-0.3, -0.25) is 9.10 Å². The number of carbonyl (C=O) groups is 1. The third-order valence-corrected chi connectivity index (χ3v) is 5.94. The second-order valence-electron chi connectivity index (χ2n) is 7.02. The number of carbonyl (C=O) groups excluding carboxylic acids is 1. The standard InChI is InChI=1S/C22H26N4O4S/c1-4-30-21-11-9-20(10-12-21)26(31(3,28)29)17(2)22(27)24-15-18-5-7-19(8-6-18)25-14-13-23-16-25/h5-14,16-17H,4,15H2,1-3H3,(H,24,27). The second-order valence-corrected chi connectivity index (χ2v) is 8.88. The van der Waals surface area contributed by atoms with Gasteiger partial charge < -0.3 is 14.6 Å². The molecular weight excluding hydrogens is 416 g/mol. The Bertz CT molecular complexity index is 1100. The van der Waals surface area contributed by atoms with Gasteiger partial charge in [-0.15, -0.1) is 0 Å². The Kier molecular flexibility index (Phi) is 6.96. The molecule has 0 spiro atoms. The lowest BCUT2D eigenvalue weighted by atomic mass is 10.2. The van der Waals surface area contributed by atoms with Gasteiger partial charge in [0.1, 0.15) is 11.8 Å². The van der Waals surface area contributed by atoms with Crippen molar-refractivity contribution in [2.75, 3.05) is 17.2 Å². The zero-order chi connectivity index (χ0) is 22.4. The molecule has 1 atom stereocenters. The van der Waals surface area contributed by atoms with E-state index in [1.54, 1.807) is 43.7 Å². The van der Waals surface area contributed by atoms with Crippen molar-refractivity contribution in [3.8, 4) is 11.4 Å². The lowest BCUT2D eigenvalue weighted by Gasteiger charge is -2.28. The van der Waals surface area contributed by atoms with E-state index in [-0.39, 0.29) is 6.54 Å². The summed E-state index contributed by atoms with van der Waals surface area (Å²) in [7, 11) is -3.68. The molecule has 0 aliphatic carbocycles. The molecule has 0 bridgehead atoms. The van der Waals surface area contributed by atoms with E-state index in [9.17, 15) is 13.2 Å². The summed E-state index contributed by atoms with van der Waals surface area (Å²) >= 11 is 0. The van der Waals surface area contributed by atoms with E-state index in [4.69, 9.17) is 4.74 Å². The zero-order valence-electron chi connectivity index (χ0n) is 17.7. The van der Waals surface area contributed by atoms with Gasteiger partial charge >= 0.3 is 0 Å². The number of imidazole rings is 1. The minimum atomic E-state index is -3.68. The number of hydrogen-bond acceptors (Lipinski definition) is 5. The molecule has 9 heteroatoms. The fourth-order valence-electron chi connectivity index (χ4n) is 3.20. The van der Waals surface area contributed by atoms with E-state index in [1.807, 2.05) is 42.0 Å². The van der Waals surface area contributed by atoms with Crippen molar-refractivity contribution in [1.82, 2.24) is 14.9 Å². The highest BCUT2D eigenvalue weighted by Crippen LogP contribution is 2.24. The van der Waals surface area contributed by atoms with Crippen molar-refractivity contribution in [3.05, 3.63) is 72.8 Å². The van der Waals surface area contributed by atoms with Gasteiger partial charge in [0.25, 0.3) is 0 Å². The normalized spacial score (nSPS) is 12.2. The first-order chi connectivity index (χ1) is 14.8. The Morgan fingerprint density at radius 3 is 2.39 bits per heavy atom. The van der Waals surface area contributed by atoms with Gasteiger partial charge in [-0.1, -0.05) is 12.1 Å². The van der Waals surface area contributed by atoms with Crippen molar-refractivity contribution >= 4 is 21.6 Å². The summed E-state index contributed by atoms with van der Waals surface area (Å²) in [5.41, 5.74) is 2.26. The molecular formula is C22H26N4O4S. The Morgan fingerprint density at radius 2 is 1.84 bits per heavy atom. The van der Waals surface area contributed by atoms with E-state index in [0.29, 0.717) is 18.0 Å². The van der Waals surface area contributed by atoms with Crippen LogP contribution in [-0.4, -0.2) is 42.8 Å². The summed E-state index contributed by atoms with van der Waals surface area (Å²) in [4.78, 5) is 16.8. The van der Waals surface area contributed by atoms with Gasteiger partial charge in [-0.05, 0) is 55.8 Å². The molecule has 0 fully saturated rings. The lowest BCUT2D eigenvalue weighted by Crippen LogP contribution is -2.47. The van der Waals surface area contributed by atoms with E-state index in [0.717, 1.165) is 21.8 Å². The fourth-order valence-corrected chi connectivity index (χ4v) is 4.37. The molecule has 0 aliphatic rings. The van der Waals surface area contributed by atoms with Gasteiger partial charge in [-0.2, -0.15) is 0 Å². The maximum atomic E-state index is 12.7. The molecule has 0 aliphatic heterocycles. The van der Waals surface area contributed by atoms with E-state index in [1.165, 1.54) is 0 Å².